The summed E-state index contributed by atoms with van der Waals surface area (Å²) in [4.78, 5) is 15.4. The van der Waals surface area contributed by atoms with E-state index in [2.05, 4.69) is 20.5 Å². The molecule has 1 aliphatic rings. The third-order valence-corrected chi connectivity index (χ3v) is 2.42. The lowest BCUT2D eigenvalue weighted by Crippen LogP contribution is -2.39. The zero-order chi connectivity index (χ0) is 12.1. The van der Waals surface area contributed by atoms with Crippen LogP contribution in [0, 0.1) is 0 Å². The highest BCUT2D eigenvalue weighted by Crippen LogP contribution is 2.04. The molecule has 2 rings (SSSR count). The van der Waals surface area contributed by atoms with Crippen molar-refractivity contribution in [3.8, 4) is 0 Å². The van der Waals surface area contributed by atoms with Gasteiger partial charge in [-0.2, -0.15) is 0 Å². The van der Waals surface area contributed by atoms with Crippen molar-refractivity contribution in [1.82, 2.24) is 20.5 Å². The first kappa shape index (κ1) is 12.0. The number of aromatic nitrogens is 3. The second-order valence-corrected chi connectivity index (χ2v) is 3.73. The van der Waals surface area contributed by atoms with Crippen molar-refractivity contribution in [3.05, 3.63) is 11.6 Å². The van der Waals surface area contributed by atoms with E-state index in [1.807, 2.05) is 0 Å². The van der Waals surface area contributed by atoms with Crippen LogP contribution in [0.1, 0.15) is 23.4 Å². The van der Waals surface area contributed by atoms with E-state index >= 15 is 0 Å². The van der Waals surface area contributed by atoms with Gasteiger partial charge in [0.2, 0.25) is 0 Å². The molecule has 1 aromatic heterocycles. The van der Waals surface area contributed by atoms with Crippen LogP contribution in [0.3, 0.4) is 0 Å². The van der Waals surface area contributed by atoms with Gasteiger partial charge < -0.3 is 14.8 Å². The van der Waals surface area contributed by atoms with Gasteiger partial charge in [0.05, 0.1) is 19.3 Å². The summed E-state index contributed by atoms with van der Waals surface area (Å²) in [5.74, 6) is 0.213. The largest absolute Gasteiger partial charge is 0.460 e. The Morgan fingerprint density at radius 1 is 1.65 bits per heavy atom. The molecular weight excluding hydrogens is 224 g/mol. The SMILES string of the molecule is CCOC(=O)c1n[nH]c(CC2CNCCO2)n1. The van der Waals surface area contributed by atoms with Crippen LogP contribution in [-0.2, 0) is 15.9 Å². The van der Waals surface area contributed by atoms with Gasteiger partial charge in [-0.25, -0.2) is 9.78 Å². The molecule has 1 atom stereocenters. The second-order valence-electron chi connectivity index (χ2n) is 3.73. The molecule has 1 saturated heterocycles. The molecule has 0 aromatic carbocycles. The van der Waals surface area contributed by atoms with Crippen molar-refractivity contribution in [1.29, 1.82) is 0 Å². The standard InChI is InChI=1S/C10H16N4O3/c1-2-16-10(15)9-12-8(13-14-9)5-7-6-11-3-4-17-7/h7,11H,2-6H2,1H3,(H,12,13,14). The molecule has 1 fully saturated rings. The Morgan fingerprint density at radius 3 is 3.24 bits per heavy atom. The number of nitrogens with zero attached hydrogens (tertiary/aromatic N) is 2. The number of nitrogens with one attached hydrogen (secondary N) is 2. The fourth-order valence-electron chi connectivity index (χ4n) is 1.64. The molecule has 7 heteroatoms. The minimum absolute atomic E-state index is 0.0746. The van der Waals surface area contributed by atoms with Crippen LogP contribution in [0.2, 0.25) is 0 Å². The zero-order valence-corrected chi connectivity index (χ0v) is 9.73. The second kappa shape index (κ2) is 5.74. The molecular formula is C10H16N4O3. The minimum Gasteiger partial charge on any atom is -0.460 e. The average molecular weight is 240 g/mol. The number of hydrogen-bond donors (Lipinski definition) is 2. The van der Waals surface area contributed by atoms with Crippen LogP contribution in [-0.4, -0.2) is 53.6 Å². The maximum absolute atomic E-state index is 11.3. The number of ether oxygens (including phenoxy) is 2. The van der Waals surface area contributed by atoms with Gasteiger partial charge in [-0.15, -0.1) is 5.10 Å². The lowest BCUT2D eigenvalue weighted by Gasteiger charge is -2.22. The number of esters is 1. The van der Waals surface area contributed by atoms with Gasteiger partial charge in [-0.05, 0) is 6.92 Å². The van der Waals surface area contributed by atoms with Gasteiger partial charge in [0, 0.05) is 19.5 Å². The molecule has 0 spiro atoms. The zero-order valence-electron chi connectivity index (χ0n) is 9.73. The van der Waals surface area contributed by atoms with E-state index in [0.29, 0.717) is 25.5 Å². The lowest BCUT2D eigenvalue weighted by atomic mass is 10.2. The number of hydrogen-bond acceptors (Lipinski definition) is 6. The maximum Gasteiger partial charge on any atom is 0.378 e. The molecule has 2 heterocycles. The number of H-pyrrole nitrogens is 1. The van der Waals surface area contributed by atoms with E-state index in [1.54, 1.807) is 6.92 Å². The Bertz CT molecular complexity index is 373. The third kappa shape index (κ3) is 3.24. The predicted molar refractivity (Wildman–Crippen MR) is 58.7 cm³/mol. The fraction of sp³-hybridized carbons (Fsp3) is 0.700. The Balaban J connectivity index is 1.91. The topological polar surface area (TPSA) is 89.1 Å². The van der Waals surface area contributed by atoms with E-state index in [4.69, 9.17) is 9.47 Å². The van der Waals surface area contributed by atoms with Crippen molar-refractivity contribution in [2.45, 2.75) is 19.4 Å². The fourth-order valence-corrected chi connectivity index (χ4v) is 1.64. The highest BCUT2D eigenvalue weighted by atomic mass is 16.5. The number of carbonyl (C=O) groups excluding carboxylic acids is 1. The van der Waals surface area contributed by atoms with E-state index in [9.17, 15) is 4.79 Å². The summed E-state index contributed by atoms with van der Waals surface area (Å²) in [5, 5.41) is 9.76. The van der Waals surface area contributed by atoms with Gasteiger partial charge in [0.25, 0.3) is 5.82 Å². The van der Waals surface area contributed by atoms with E-state index in [-0.39, 0.29) is 11.9 Å². The Hall–Kier alpha value is -1.47. The minimum atomic E-state index is -0.502. The van der Waals surface area contributed by atoms with Gasteiger partial charge in [0.1, 0.15) is 5.82 Å². The van der Waals surface area contributed by atoms with Gasteiger partial charge in [0.15, 0.2) is 0 Å². The summed E-state index contributed by atoms with van der Waals surface area (Å²) in [5.41, 5.74) is 0. The summed E-state index contributed by atoms with van der Waals surface area (Å²) in [6.07, 6.45) is 0.686. The van der Waals surface area contributed by atoms with E-state index < -0.39 is 5.97 Å². The quantitative estimate of drug-likeness (QED) is 0.690. The molecule has 2 N–H and O–H groups in total. The number of rotatable bonds is 4. The maximum atomic E-state index is 11.3. The molecule has 0 saturated carbocycles. The summed E-state index contributed by atoms with van der Waals surface area (Å²) in [7, 11) is 0. The molecule has 1 aliphatic heterocycles. The predicted octanol–water partition coefficient (Wildman–Crippen LogP) is -0.488. The summed E-state index contributed by atoms with van der Waals surface area (Å²) in [6, 6.07) is 0. The van der Waals surface area contributed by atoms with Gasteiger partial charge in [-0.1, -0.05) is 0 Å². The highest BCUT2D eigenvalue weighted by Gasteiger charge is 2.18. The average Bonchev–Trinajstić information content (AvgIpc) is 2.79. The third-order valence-electron chi connectivity index (χ3n) is 2.42. The molecule has 1 unspecified atom stereocenters. The highest BCUT2D eigenvalue weighted by molar-refractivity contribution is 5.84. The molecule has 0 radical (unpaired) electrons. The van der Waals surface area contributed by atoms with Crippen LogP contribution in [0.15, 0.2) is 0 Å². The van der Waals surface area contributed by atoms with E-state index in [1.165, 1.54) is 0 Å². The Labute approximate surface area is 98.9 Å². The smallest absolute Gasteiger partial charge is 0.378 e. The summed E-state index contributed by atoms with van der Waals surface area (Å²) >= 11 is 0. The first-order valence-corrected chi connectivity index (χ1v) is 5.70. The van der Waals surface area contributed by atoms with Crippen molar-refractivity contribution < 1.29 is 14.3 Å². The molecule has 0 aliphatic carbocycles. The molecule has 0 amide bonds. The van der Waals surface area contributed by atoms with E-state index in [0.717, 1.165) is 13.1 Å². The molecule has 17 heavy (non-hydrogen) atoms. The Kier molecular flexibility index (Phi) is 4.05. The molecule has 7 nitrogen and oxygen atoms in total. The van der Waals surface area contributed by atoms with Crippen LogP contribution >= 0.6 is 0 Å². The lowest BCUT2D eigenvalue weighted by molar-refractivity contribution is 0.0280. The number of morpholine rings is 1. The van der Waals surface area contributed by atoms with Crippen molar-refractivity contribution in [3.63, 3.8) is 0 Å². The Morgan fingerprint density at radius 2 is 2.53 bits per heavy atom. The van der Waals surface area contributed by atoms with Crippen LogP contribution < -0.4 is 5.32 Å². The number of aromatic amines is 1. The normalized spacial score (nSPS) is 20.2. The van der Waals surface area contributed by atoms with Crippen LogP contribution in [0.5, 0.6) is 0 Å². The molecule has 1 aromatic rings. The molecule has 0 bridgehead atoms. The molecule has 94 valence electrons. The summed E-state index contributed by atoms with van der Waals surface area (Å²) < 4.78 is 10.3. The number of carbonyl (C=O) groups is 1. The monoisotopic (exact) mass is 240 g/mol. The first-order chi connectivity index (χ1) is 8.29. The van der Waals surface area contributed by atoms with Gasteiger partial charge in [-0.3, -0.25) is 5.10 Å². The van der Waals surface area contributed by atoms with Crippen LogP contribution in [0.25, 0.3) is 0 Å². The van der Waals surface area contributed by atoms with Crippen LogP contribution in [0.4, 0.5) is 0 Å². The van der Waals surface area contributed by atoms with Crippen molar-refractivity contribution in [2.24, 2.45) is 0 Å². The summed E-state index contributed by atoms with van der Waals surface area (Å²) in [6.45, 7) is 4.42. The van der Waals surface area contributed by atoms with Crippen molar-refractivity contribution in [2.75, 3.05) is 26.3 Å². The first-order valence-electron chi connectivity index (χ1n) is 5.70. The van der Waals surface area contributed by atoms with Crippen molar-refractivity contribution >= 4 is 5.97 Å². The van der Waals surface area contributed by atoms with Gasteiger partial charge >= 0.3 is 5.97 Å².